The van der Waals surface area contributed by atoms with Crippen LogP contribution in [0.25, 0.3) is 0 Å². The summed E-state index contributed by atoms with van der Waals surface area (Å²) < 4.78 is 0. The third-order valence-electron chi connectivity index (χ3n) is 3.23. The van der Waals surface area contributed by atoms with Crippen molar-refractivity contribution in [2.45, 2.75) is 51.2 Å². The number of hydrogen-bond donors (Lipinski definition) is 3. The Bertz CT molecular complexity index is 165. The summed E-state index contributed by atoms with van der Waals surface area (Å²) in [4.78, 5) is 0. The van der Waals surface area contributed by atoms with Gasteiger partial charge in [0.1, 0.15) is 0 Å². The molecule has 0 aromatic carbocycles. The molecule has 0 aromatic heterocycles. The van der Waals surface area contributed by atoms with Crippen LogP contribution >= 0.6 is 0 Å². The van der Waals surface area contributed by atoms with Gasteiger partial charge in [0, 0.05) is 12.6 Å². The van der Waals surface area contributed by atoms with Crippen LogP contribution in [0, 0.1) is 5.92 Å². The van der Waals surface area contributed by atoms with Gasteiger partial charge in [-0.15, -0.1) is 0 Å². The maximum absolute atomic E-state index is 10.1. The Kier molecular flexibility index (Phi) is 4.35. The summed E-state index contributed by atoms with van der Waals surface area (Å²) in [6.07, 6.45) is 4.06. The minimum atomic E-state index is -0.512. The fourth-order valence-corrected chi connectivity index (χ4v) is 2.04. The molecular weight excluding hydrogens is 178 g/mol. The van der Waals surface area contributed by atoms with Gasteiger partial charge < -0.3 is 15.5 Å². The zero-order chi connectivity index (χ0) is 10.6. The molecule has 1 fully saturated rings. The predicted octanol–water partition coefficient (Wildman–Crippen LogP) is 0.898. The van der Waals surface area contributed by atoms with Crippen molar-refractivity contribution in [1.29, 1.82) is 0 Å². The van der Waals surface area contributed by atoms with E-state index in [4.69, 9.17) is 5.11 Å². The number of aliphatic hydroxyl groups is 2. The summed E-state index contributed by atoms with van der Waals surface area (Å²) in [5, 5.41) is 22.4. The van der Waals surface area contributed by atoms with Gasteiger partial charge in [-0.25, -0.2) is 0 Å². The molecular formula is C11H23NO2. The minimum Gasteiger partial charge on any atom is -0.395 e. The van der Waals surface area contributed by atoms with E-state index in [1.165, 1.54) is 0 Å². The Labute approximate surface area is 86.5 Å². The van der Waals surface area contributed by atoms with Gasteiger partial charge in [-0.3, -0.25) is 0 Å². The van der Waals surface area contributed by atoms with Gasteiger partial charge in [0.25, 0.3) is 0 Å². The lowest BCUT2D eigenvalue weighted by Crippen LogP contribution is -2.46. The van der Waals surface area contributed by atoms with Crippen molar-refractivity contribution in [3.8, 4) is 0 Å². The standard InChI is InChI=1S/C11H23NO2/c1-9(2)10(7-13)12-8-11(14)5-3-4-6-11/h9-10,12-14H,3-8H2,1-2H3. The molecule has 0 heterocycles. The first-order valence-corrected chi connectivity index (χ1v) is 5.64. The number of hydrogen-bond acceptors (Lipinski definition) is 3. The van der Waals surface area contributed by atoms with Gasteiger partial charge in [-0.1, -0.05) is 26.7 Å². The zero-order valence-corrected chi connectivity index (χ0v) is 9.29. The lowest BCUT2D eigenvalue weighted by Gasteiger charge is -2.27. The van der Waals surface area contributed by atoms with E-state index >= 15 is 0 Å². The molecule has 3 heteroatoms. The highest BCUT2D eigenvalue weighted by molar-refractivity contribution is 4.87. The van der Waals surface area contributed by atoms with Gasteiger partial charge in [-0.05, 0) is 18.8 Å². The quantitative estimate of drug-likeness (QED) is 0.619. The van der Waals surface area contributed by atoms with Crippen LogP contribution in [0.5, 0.6) is 0 Å². The Morgan fingerprint density at radius 1 is 1.29 bits per heavy atom. The monoisotopic (exact) mass is 201 g/mol. The van der Waals surface area contributed by atoms with Crippen LogP contribution in [0.2, 0.25) is 0 Å². The highest BCUT2D eigenvalue weighted by Gasteiger charge is 2.31. The summed E-state index contributed by atoms with van der Waals surface area (Å²) in [5.41, 5.74) is -0.512. The molecule has 0 aromatic rings. The lowest BCUT2D eigenvalue weighted by molar-refractivity contribution is 0.0399. The second-order valence-electron chi connectivity index (χ2n) is 4.85. The fourth-order valence-electron chi connectivity index (χ4n) is 2.04. The number of rotatable bonds is 5. The Balaban J connectivity index is 2.30. The van der Waals surface area contributed by atoms with E-state index in [0.29, 0.717) is 12.5 Å². The zero-order valence-electron chi connectivity index (χ0n) is 9.29. The summed E-state index contributed by atoms with van der Waals surface area (Å²) in [7, 11) is 0. The van der Waals surface area contributed by atoms with E-state index < -0.39 is 5.60 Å². The molecule has 0 aliphatic heterocycles. The molecule has 1 saturated carbocycles. The Hall–Kier alpha value is -0.120. The first-order valence-electron chi connectivity index (χ1n) is 5.64. The van der Waals surface area contributed by atoms with Crippen LogP contribution in [0.15, 0.2) is 0 Å². The van der Waals surface area contributed by atoms with Crippen molar-refractivity contribution < 1.29 is 10.2 Å². The Morgan fingerprint density at radius 3 is 2.29 bits per heavy atom. The number of nitrogens with one attached hydrogen (secondary N) is 1. The molecule has 1 aliphatic rings. The molecule has 0 saturated heterocycles. The van der Waals surface area contributed by atoms with Crippen LogP contribution in [0.4, 0.5) is 0 Å². The van der Waals surface area contributed by atoms with Crippen molar-refractivity contribution in [3.63, 3.8) is 0 Å². The van der Waals surface area contributed by atoms with Crippen molar-refractivity contribution in [2.24, 2.45) is 5.92 Å². The maximum Gasteiger partial charge on any atom is 0.0771 e. The molecule has 1 atom stereocenters. The van der Waals surface area contributed by atoms with Crippen LogP contribution in [0.1, 0.15) is 39.5 Å². The first kappa shape index (κ1) is 12.0. The third kappa shape index (κ3) is 3.23. The molecule has 1 rings (SSSR count). The summed E-state index contributed by atoms with van der Waals surface area (Å²) in [6, 6.07) is 0.111. The van der Waals surface area contributed by atoms with Crippen LogP contribution in [0.3, 0.4) is 0 Å². The van der Waals surface area contributed by atoms with Gasteiger partial charge in [0.2, 0.25) is 0 Å². The average molecular weight is 201 g/mol. The largest absolute Gasteiger partial charge is 0.395 e. The van der Waals surface area contributed by atoms with Crippen molar-refractivity contribution in [2.75, 3.05) is 13.2 Å². The molecule has 0 amide bonds. The molecule has 14 heavy (non-hydrogen) atoms. The predicted molar refractivity (Wildman–Crippen MR) is 57.1 cm³/mol. The molecule has 0 spiro atoms. The van der Waals surface area contributed by atoms with Crippen LogP contribution in [-0.2, 0) is 0 Å². The van der Waals surface area contributed by atoms with E-state index in [1.807, 2.05) is 0 Å². The van der Waals surface area contributed by atoms with Crippen molar-refractivity contribution in [3.05, 3.63) is 0 Å². The summed E-state index contributed by atoms with van der Waals surface area (Å²) in [5.74, 6) is 0.407. The molecule has 3 N–H and O–H groups in total. The van der Waals surface area contributed by atoms with Gasteiger partial charge in [0.15, 0.2) is 0 Å². The number of aliphatic hydroxyl groups excluding tert-OH is 1. The molecule has 1 aliphatic carbocycles. The Morgan fingerprint density at radius 2 is 1.86 bits per heavy atom. The van der Waals surface area contributed by atoms with Crippen LogP contribution < -0.4 is 5.32 Å². The van der Waals surface area contributed by atoms with E-state index in [2.05, 4.69) is 19.2 Å². The minimum absolute atomic E-state index is 0.111. The molecule has 84 valence electrons. The fraction of sp³-hybridized carbons (Fsp3) is 1.00. The molecule has 1 unspecified atom stereocenters. The third-order valence-corrected chi connectivity index (χ3v) is 3.23. The SMILES string of the molecule is CC(C)C(CO)NCC1(O)CCCC1. The van der Waals surface area contributed by atoms with Crippen molar-refractivity contribution in [1.82, 2.24) is 5.32 Å². The second kappa shape index (κ2) is 5.10. The van der Waals surface area contributed by atoms with Gasteiger partial charge >= 0.3 is 0 Å². The highest BCUT2D eigenvalue weighted by Crippen LogP contribution is 2.28. The van der Waals surface area contributed by atoms with Crippen LogP contribution in [-0.4, -0.2) is 35.0 Å². The lowest BCUT2D eigenvalue weighted by atomic mass is 10.00. The van der Waals surface area contributed by atoms with E-state index in [1.54, 1.807) is 0 Å². The first-order chi connectivity index (χ1) is 6.57. The molecule has 0 bridgehead atoms. The topological polar surface area (TPSA) is 52.5 Å². The van der Waals surface area contributed by atoms with E-state index in [-0.39, 0.29) is 12.6 Å². The highest BCUT2D eigenvalue weighted by atomic mass is 16.3. The smallest absolute Gasteiger partial charge is 0.0771 e. The average Bonchev–Trinajstić information content (AvgIpc) is 2.53. The van der Waals surface area contributed by atoms with E-state index in [9.17, 15) is 5.11 Å². The van der Waals surface area contributed by atoms with E-state index in [0.717, 1.165) is 25.7 Å². The maximum atomic E-state index is 10.1. The summed E-state index contributed by atoms with van der Waals surface area (Å²) in [6.45, 7) is 4.92. The second-order valence-corrected chi connectivity index (χ2v) is 4.85. The summed E-state index contributed by atoms with van der Waals surface area (Å²) >= 11 is 0. The normalized spacial score (nSPS) is 22.9. The van der Waals surface area contributed by atoms with Gasteiger partial charge in [-0.2, -0.15) is 0 Å². The molecule has 3 nitrogen and oxygen atoms in total. The van der Waals surface area contributed by atoms with Crippen molar-refractivity contribution >= 4 is 0 Å². The molecule has 0 radical (unpaired) electrons. The van der Waals surface area contributed by atoms with Gasteiger partial charge in [0.05, 0.1) is 12.2 Å².